The second-order valence-corrected chi connectivity index (χ2v) is 5.54. The van der Waals surface area contributed by atoms with Crippen LogP contribution in [-0.4, -0.2) is 6.73 Å². The van der Waals surface area contributed by atoms with Gasteiger partial charge in [-0.25, -0.2) is 4.39 Å². The number of ether oxygens (including phenoxy) is 1. The number of benzene rings is 2. The molecule has 1 aliphatic rings. The van der Waals surface area contributed by atoms with Crippen molar-refractivity contribution in [1.29, 1.82) is 5.26 Å². The molecule has 0 atom stereocenters. The average Bonchev–Trinajstić information content (AvgIpc) is 2.47. The van der Waals surface area contributed by atoms with Crippen molar-refractivity contribution in [3.8, 4) is 17.2 Å². The third-order valence-corrected chi connectivity index (χ3v) is 3.79. The number of fused-ring (bicyclic) bond motifs is 1. The van der Waals surface area contributed by atoms with E-state index in [0.717, 1.165) is 22.4 Å². The van der Waals surface area contributed by atoms with Gasteiger partial charge in [-0.15, -0.1) is 0 Å². The van der Waals surface area contributed by atoms with Crippen LogP contribution < -0.4 is 5.32 Å². The van der Waals surface area contributed by atoms with Crippen LogP contribution in [0.4, 0.5) is 10.1 Å². The SMILES string of the molecule is CC1(C)OCNc2ccc(-c3ccc(C#N)c(F)c3)cc21. The van der Waals surface area contributed by atoms with E-state index in [9.17, 15) is 4.39 Å². The van der Waals surface area contributed by atoms with Crippen molar-refractivity contribution in [2.45, 2.75) is 19.4 Å². The minimum atomic E-state index is -0.499. The van der Waals surface area contributed by atoms with Crippen molar-refractivity contribution in [3.05, 3.63) is 53.3 Å². The normalized spacial score (nSPS) is 15.7. The molecule has 106 valence electrons. The predicted octanol–water partition coefficient (Wildman–Crippen LogP) is 4.00. The topological polar surface area (TPSA) is 45.0 Å². The zero-order chi connectivity index (χ0) is 15.0. The lowest BCUT2D eigenvalue weighted by Gasteiger charge is -2.33. The van der Waals surface area contributed by atoms with Crippen LogP contribution in [0.5, 0.6) is 0 Å². The molecule has 1 aliphatic heterocycles. The number of nitrogens with one attached hydrogen (secondary N) is 1. The van der Waals surface area contributed by atoms with Gasteiger partial charge in [0.15, 0.2) is 0 Å². The minimum absolute atomic E-state index is 0.0574. The van der Waals surface area contributed by atoms with E-state index in [1.807, 2.05) is 38.1 Å². The molecule has 0 radical (unpaired) electrons. The van der Waals surface area contributed by atoms with Gasteiger partial charge in [0, 0.05) is 11.3 Å². The summed E-state index contributed by atoms with van der Waals surface area (Å²) in [5.74, 6) is -0.499. The third kappa shape index (κ3) is 2.37. The van der Waals surface area contributed by atoms with Gasteiger partial charge in [-0.1, -0.05) is 12.1 Å². The fourth-order valence-corrected chi connectivity index (χ4v) is 2.53. The Balaban J connectivity index is 2.09. The summed E-state index contributed by atoms with van der Waals surface area (Å²) in [5.41, 5.74) is 3.39. The molecule has 1 heterocycles. The minimum Gasteiger partial charge on any atom is -0.362 e. The van der Waals surface area contributed by atoms with Crippen LogP contribution in [0, 0.1) is 17.1 Å². The summed E-state index contributed by atoms with van der Waals surface area (Å²) in [6.45, 7) is 4.50. The van der Waals surface area contributed by atoms with Crippen LogP contribution in [0.3, 0.4) is 0 Å². The van der Waals surface area contributed by atoms with Gasteiger partial charge < -0.3 is 10.1 Å². The largest absolute Gasteiger partial charge is 0.362 e. The first kappa shape index (κ1) is 13.6. The van der Waals surface area contributed by atoms with E-state index in [2.05, 4.69) is 5.32 Å². The van der Waals surface area contributed by atoms with Gasteiger partial charge in [-0.3, -0.25) is 0 Å². The van der Waals surface area contributed by atoms with Gasteiger partial charge >= 0.3 is 0 Å². The van der Waals surface area contributed by atoms with Crippen LogP contribution >= 0.6 is 0 Å². The van der Waals surface area contributed by atoms with Gasteiger partial charge in [0.2, 0.25) is 0 Å². The molecular weight excluding hydrogens is 267 g/mol. The number of nitriles is 1. The zero-order valence-electron chi connectivity index (χ0n) is 11.9. The first-order valence-electron chi connectivity index (χ1n) is 6.74. The smallest absolute Gasteiger partial charge is 0.141 e. The fraction of sp³-hybridized carbons (Fsp3) is 0.235. The second-order valence-electron chi connectivity index (χ2n) is 5.54. The Kier molecular flexibility index (Phi) is 3.15. The molecular formula is C17H15FN2O. The van der Waals surface area contributed by atoms with E-state index >= 15 is 0 Å². The Morgan fingerprint density at radius 3 is 2.62 bits per heavy atom. The lowest BCUT2D eigenvalue weighted by atomic mass is 9.91. The Hall–Kier alpha value is -2.38. The highest BCUT2D eigenvalue weighted by atomic mass is 19.1. The molecule has 0 aromatic heterocycles. The number of hydrogen-bond acceptors (Lipinski definition) is 3. The molecule has 0 fully saturated rings. The molecule has 0 amide bonds. The van der Waals surface area contributed by atoms with Crippen LogP contribution in [0.15, 0.2) is 36.4 Å². The highest BCUT2D eigenvalue weighted by Crippen LogP contribution is 2.37. The third-order valence-electron chi connectivity index (χ3n) is 3.79. The molecule has 1 N–H and O–H groups in total. The molecule has 0 aliphatic carbocycles. The number of anilines is 1. The maximum absolute atomic E-state index is 13.8. The van der Waals surface area contributed by atoms with E-state index < -0.39 is 5.82 Å². The molecule has 3 rings (SSSR count). The summed E-state index contributed by atoms with van der Waals surface area (Å²) in [5, 5.41) is 12.0. The van der Waals surface area contributed by atoms with Crippen molar-refractivity contribution in [1.82, 2.24) is 0 Å². The van der Waals surface area contributed by atoms with Crippen LogP contribution in [0.2, 0.25) is 0 Å². The molecule has 0 saturated heterocycles. The first-order chi connectivity index (χ1) is 10.0. The summed E-state index contributed by atoms with van der Waals surface area (Å²) in [6.07, 6.45) is 0. The Morgan fingerprint density at radius 2 is 1.90 bits per heavy atom. The van der Waals surface area contributed by atoms with Crippen LogP contribution in [-0.2, 0) is 10.3 Å². The molecule has 3 nitrogen and oxygen atoms in total. The van der Waals surface area contributed by atoms with Crippen molar-refractivity contribution in [3.63, 3.8) is 0 Å². The lowest BCUT2D eigenvalue weighted by molar-refractivity contribution is -0.0178. The highest BCUT2D eigenvalue weighted by molar-refractivity contribution is 5.70. The summed E-state index contributed by atoms with van der Waals surface area (Å²) < 4.78 is 19.5. The number of nitrogens with zero attached hydrogens (tertiary/aromatic N) is 1. The Labute approximate surface area is 123 Å². The van der Waals surface area contributed by atoms with E-state index in [1.54, 1.807) is 6.07 Å². The number of halogens is 1. The predicted molar refractivity (Wildman–Crippen MR) is 79.2 cm³/mol. The quantitative estimate of drug-likeness (QED) is 0.860. The van der Waals surface area contributed by atoms with Crippen molar-refractivity contribution < 1.29 is 9.13 Å². The zero-order valence-corrected chi connectivity index (χ0v) is 11.9. The van der Waals surface area contributed by atoms with Gasteiger partial charge in [0.05, 0.1) is 11.2 Å². The van der Waals surface area contributed by atoms with E-state index in [-0.39, 0.29) is 11.2 Å². The molecule has 0 saturated carbocycles. The second kappa shape index (κ2) is 4.87. The van der Waals surface area contributed by atoms with Crippen LogP contribution in [0.25, 0.3) is 11.1 Å². The number of hydrogen-bond donors (Lipinski definition) is 1. The summed E-state index contributed by atoms with van der Waals surface area (Å²) in [6, 6.07) is 12.4. The lowest BCUT2D eigenvalue weighted by Crippen LogP contribution is -2.31. The molecule has 4 heteroatoms. The maximum atomic E-state index is 13.8. The summed E-state index contributed by atoms with van der Waals surface area (Å²) in [4.78, 5) is 0. The van der Waals surface area contributed by atoms with Crippen molar-refractivity contribution in [2.75, 3.05) is 12.0 Å². The summed E-state index contributed by atoms with van der Waals surface area (Å²) >= 11 is 0. The van der Waals surface area contributed by atoms with Gasteiger partial charge in [-0.2, -0.15) is 5.26 Å². The van der Waals surface area contributed by atoms with Gasteiger partial charge in [0.1, 0.15) is 18.6 Å². The maximum Gasteiger partial charge on any atom is 0.141 e. The molecule has 21 heavy (non-hydrogen) atoms. The number of rotatable bonds is 1. The monoisotopic (exact) mass is 282 g/mol. The molecule has 0 unspecified atom stereocenters. The van der Waals surface area contributed by atoms with E-state index in [0.29, 0.717) is 6.73 Å². The standard InChI is InChI=1S/C17H15FN2O/c1-17(2)14-7-11(5-6-16(14)20-10-21-17)12-3-4-13(9-19)15(18)8-12/h3-8,20H,10H2,1-2H3. The van der Waals surface area contributed by atoms with Crippen molar-refractivity contribution >= 4 is 5.69 Å². The Morgan fingerprint density at radius 1 is 1.19 bits per heavy atom. The average molecular weight is 282 g/mol. The molecule has 2 aromatic rings. The Bertz CT molecular complexity index is 747. The molecule has 2 aromatic carbocycles. The van der Waals surface area contributed by atoms with E-state index in [4.69, 9.17) is 10.00 Å². The van der Waals surface area contributed by atoms with Gasteiger partial charge in [0.25, 0.3) is 0 Å². The van der Waals surface area contributed by atoms with Crippen LogP contribution in [0.1, 0.15) is 25.0 Å². The van der Waals surface area contributed by atoms with Crippen molar-refractivity contribution in [2.24, 2.45) is 0 Å². The fourth-order valence-electron chi connectivity index (χ4n) is 2.53. The van der Waals surface area contributed by atoms with E-state index in [1.165, 1.54) is 12.1 Å². The molecule has 0 bridgehead atoms. The highest BCUT2D eigenvalue weighted by Gasteiger charge is 2.28. The molecule has 0 spiro atoms. The first-order valence-corrected chi connectivity index (χ1v) is 6.74. The van der Waals surface area contributed by atoms with Gasteiger partial charge in [-0.05, 0) is 49.2 Å². The summed E-state index contributed by atoms with van der Waals surface area (Å²) in [7, 11) is 0.